The number of methoxy groups -OCH3 is 1. The van der Waals surface area contributed by atoms with E-state index in [-0.39, 0.29) is 10.6 Å². The summed E-state index contributed by atoms with van der Waals surface area (Å²) in [5, 5.41) is 16.1. The van der Waals surface area contributed by atoms with Crippen molar-refractivity contribution in [3.8, 4) is 0 Å². The fraction of sp³-hybridized carbons (Fsp3) is 0.500. The maximum absolute atomic E-state index is 11.3. The Morgan fingerprint density at radius 2 is 2.10 bits per heavy atom. The van der Waals surface area contributed by atoms with Gasteiger partial charge in [0.05, 0.1) is 16.4 Å². The Kier molecular flexibility index (Phi) is 6.21. The molecule has 0 amide bonds. The number of hydrogen-bond donors (Lipinski definition) is 1. The van der Waals surface area contributed by atoms with Gasteiger partial charge < -0.3 is 4.74 Å². The van der Waals surface area contributed by atoms with E-state index in [0.29, 0.717) is 31.8 Å². The van der Waals surface area contributed by atoms with Crippen molar-refractivity contribution in [3.05, 3.63) is 33.9 Å². The number of nitrogens with zero attached hydrogens (tertiary/aromatic N) is 2. The van der Waals surface area contributed by atoms with E-state index in [0.717, 1.165) is 6.07 Å². The van der Waals surface area contributed by atoms with Gasteiger partial charge in [-0.3, -0.25) is 15.0 Å². The molecule has 0 aliphatic heterocycles. The standard InChI is InChI=1S/C12H19N3O5S/c1-3-14(6-7-20-2)9-10-4-5-11(21(13,18)19)8-12(10)15(16)17/h4-5,8H,3,6-7,9H2,1-2H3,(H2,13,18,19). The molecule has 0 atom stereocenters. The van der Waals surface area contributed by atoms with Crippen molar-refractivity contribution in [3.63, 3.8) is 0 Å². The predicted molar refractivity (Wildman–Crippen MR) is 77.3 cm³/mol. The topological polar surface area (TPSA) is 116 Å². The molecule has 0 saturated heterocycles. The summed E-state index contributed by atoms with van der Waals surface area (Å²) in [5.41, 5.74) is 0.183. The van der Waals surface area contributed by atoms with Gasteiger partial charge in [-0.1, -0.05) is 6.92 Å². The van der Waals surface area contributed by atoms with Gasteiger partial charge in [0.25, 0.3) is 5.69 Å². The molecule has 21 heavy (non-hydrogen) atoms. The maximum atomic E-state index is 11.3. The Morgan fingerprint density at radius 1 is 1.43 bits per heavy atom. The molecular weight excluding hydrogens is 298 g/mol. The van der Waals surface area contributed by atoms with Gasteiger partial charge in [-0.25, -0.2) is 13.6 Å². The lowest BCUT2D eigenvalue weighted by atomic mass is 10.1. The molecule has 1 aromatic rings. The molecule has 0 heterocycles. The number of sulfonamides is 1. The number of ether oxygens (including phenoxy) is 1. The molecule has 1 rings (SSSR count). The summed E-state index contributed by atoms with van der Waals surface area (Å²) in [6, 6.07) is 3.70. The highest BCUT2D eigenvalue weighted by Gasteiger charge is 2.20. The maximum Gasteiger partial charge on any atom is 0.275 e. The molecule has 0 saturated carbocycles. The van der Waals surface area contributed by atoms with Crippen molar-refractivity contribution < 1.29 is 18.1 Å². The Balaban J connectivity index is 3.09. The first-order valence-electron chi connectivity index (χ1n) is 6.31. The third kappa shape index (κ3) is 5.05. The van der Waals surface area contributed by atoms with Crippen molar-refractivity contribution >= 4 is 15.7 Å². The zero-order chi connectivity index (χ0) is 16.0. The van der Waals surface area contributed by atoms with Gasteiger partial charge in [-0.05, 0) is 18.7 Å². The highest BCUT2D eigenvalue weighted by atomic mass is 32.2. The largest absolute Gasteiger partial charge is 0.383 e. The molecule has 0 aromatic heterocycles. The normalized spacial score (nSPS) is 11.8. The minimum Gasteiger partial charge on any atom is -0.383 e. The number of hydrogen-bond acceptors (Lipinski definition) is 6. The fourth-order valence-corrected chi connectivity index (χ4v) is 2.37. The van der Waals surface area contributed by atoms with Gasteiger partial charge in [-0.15, -0.1) is 0 Å². The highest BCUT2D eigenvalue weighted by molar-refractivity contribution is 7.89. The second-order valence-electron chi connectivity index (χ2n) is 4.45. The number of primary sulfonamides is 1. The van der Waals surface area contributed by atoms with Crippen LogP contribution in [-0.2, 0) is 21.3 Å². The summed E-state index contributed by atoms with van der Waals surface area (Å²) in [5.74, 6) is 0. The van der Waals surface area contributed by atoms with Crippen LogP contribution in [0.15, 0.2) is 23.1 Å². The minimum atomic E-state index is -3.96. The van der Waals surface area contributed by atoms with Crippen LogP contribution in [-0.4, -0.2) is 45.0 Å². The molecule has 1 aromatic carbocycles. The first-order chi connectivity index (χ1) is 9.79. The number of nitrogens with two attached hydrogens (primary N) is 1. The van der Waals surface area contributed by atoms with E-state index >= 15 is 0 Å². The molecule has 0 aliphatic rings. The van der Waals surface area contributed by atoms with Crippen LogP contribution in [0.3, 0.4) is 0 Å². The average molecular weight is 317 g/mol. The summed E-state index contributed by atoms with van der Waals surface area (Å²) in [6.45, 7) is 4.09. The quantitative estimate of drug-likeness (QED) is 0.557. The number of likely N-dealkylation sites (N-methyl/N-ethyl adjacent to an activating group) is 1. The Bertz CT molecular complexity index is 603. The molecule has 0 aliphatic carbocycles. The van der Waals surface area contributed by atoms with E-state index in [1.165, 1.54) is 12.1 Å². The molecule has 2 N–H and O–H groups in total. The van der Waals surface area contributed by atoms with Crippen LogP contribution in [0, 0.1) is 10.1 Å². The average Bonchev–Trinajstić information content (AvgIpc) is 2.42. The van der Waals surface area contributed by atoms with Gasteiger partial charge in [0, 0.05) is 31.8 Å². The summed E-state index contributed by atoms with van der Waals surface area (Å²) < 4.78 is 27.5. The monoisotopic (exact) mass is 317 g/mol. The Labute approximate surface area is 123 Å². The van der Waals surface area contributed by atoms with Gasteiger partial charge in [-0.2, -0.15) is 0 Å². The van der Waals surface area contributed by atoms with E-state index in [9.17, 15) is 18.5 Å². The van der Waals surface area contributed by atoms with Crippen molar-refractivity contribution in [2.75, 3.05) is 26.8 Å². The van der Waals surface area contributed by atoms with Crippen LogP contribution in [0.1, 0.15) is 12.5 Å². The van der Waals surface area contributed by atoms with Crippen molar-refractivity contribution in [2.24, 2.45) is 5.14 Å². The van der Waals surface area contributed by atoms with Gasteiger partial charge in [0.1, 0.15) is 0 Å². The van der Waals surface area contributed by atoms with Gasteiger partial charge in [0.2, 0.25) is 10.0 Å². The van der Waals surface area contributed by atoms with Crippen LogP contribution < -0.4 is 5.14 Å². The Morgan fingerprint density at radius 3 is 2.57 bits per heavy atom. The lowest BCUT2D eigenvalue weighted by molar-refractivity contribution is -0.386. The second-order valence-corrected chi connectivity index (χ2v) is 6.02. The lowest BCUT2D eigenvalue weighted by Gasteiger charge is -2.19. The minimum absolute atomic E-state index is 0.252. The number of nitro benzene ring substituents is 1. The zero-order valence-electron chi connectivity index (χ0n) is 12.0. The third-order valence-corrected chi connectivity index (χ3v) is 3.95. The first-order valence-corrected chi connectivity index (χ1v) is 7.85. The summed E-state index contributed by atoms with van der Waals surface area (Å²) in [6.07, 6.45) is 0. The van der Waals surface area contributed by atoms with Gasteiger partial charge >= 0.3 is 0 Å². The number of benzene rings is 1. The van der Waals surface area contributed by atoms with E-state index < -0.39 is 14.9 Å². The third-order valence-electron chi connectivity index (χ3n) is 3.03. The van der Waals surface area contributed by atoms with Crippen molar-refractivity contribution in [1.82, 2.24) is 4.90 Å². The number of nitro groups is 1. The smallest absolute Gasteiger partial charge is 0.275 e. The predicted octanol–water partition coefficient (Wildman–Crippen LogP) is 0.711. The summed E-state index contributed by atoms with van der Waals surface area (Å²) >= 11 is 0. The number of rotatable bonds is 8. The molecule has 9 heteroatoms. The van der Waals surface area contributed by atoms with Crippen LogP contribution in [0.2, 0.25) is 0 Å². The highest BCUT2D eigenvalue weighted by Crippen LogP contribution is 2.23. The molecule has 8 nitrogen and oxygen atoms in total. The SMILES string of the molecule is CCN(CCOC)Cc1ccc(S(N)(=O)=O)cc1[N+](=O)[O-]. The van der Waals surface area contributed by atoms with Crippen molar-refractivity contribution in [2.45, 2.75) is 18.4 Å². The van der Waals surface area contributed by atoms with Crippen LogP contribution in [0.5, 0.6) is 0 Å². The molecule has 0 radical (unpaired) electrons. The Hall–Kier alpha value is -1.55. The van der Waals surface area contributed by atoms with Crippen LogP contribution in [0.25, 0.3) is 0 Å². The van der Waals surface area contributed by atoms with E-state index in [1.807, 2.05) is 11.8 Å². The summed E-state index contributed by atoms with van der Waals surface area (Å²) in [4.78, 5) is 12.2. The first kappa shape index (κ1) is 17.5. The molecule has 118 valence electrons. The summed E-state index contributed by atoms with van der Waals surface area (Å²) in [7, 11) is -2.38. The van der Waals surface area contributed by atoms with Crippen LogP contribution >= 0.6 is 0 Å². The second kappa shape index (κ2) is 7.46. The van der Waals surface area contributed by atoms with Crippen molar-refractivity contribution in [1.29, 1.82) is 0 Å². The van der Waals surface area contributed by atoms with Gasteiger partial charge in [0.15, 0.2) is 0 Å². The van der Waals surface area contributed by atoms with E-state index in [2.05, 4.69) is 0 Å². The zero-order valence-corrected chi connectivity index (χ0v) is 12.8. The lowest BCUT2D eigenvalue weighted by Crippen LogP contribution is -2.27. The molecule has 0 unspecified atom stereocenters. The van der Waals surface area contributed by atoms with E-state index in [1.54, 1.807) is 7.11 Å². The van der Waals surface area contributed by atoms with E-state index in [4.69, 9.17) is 9.88 Å². The fourth-order valence-electron chi connectivity index (χ4n) is 1.83. The molecule has 0 fully saturated rings. The molecular formula is C12H19N3O5S. The molecule has 0 bridgehead atoms. The molecule has 0 spiro atoms. The van der Waals surface area contributed by atoms with Crippen LogP contribution in [0.4, 0.5) is 5.69 Å².